The highest BCUT2D eigenvalue weighted by Crippen LogP contribution is 2.25. The minimum Gasteiger partial charge on any atom is -0.326 e. The fraction of sp³-hybridized carbons (Fsp3) is 0.200. The summed E-state index contributed by atoms with van der Waals surface area (Å²) in [5, 5.41) is 0. The Labute approximate surface area is 108 Å². The van der Waals surface area contributed by atoms with Gasteiger partial charge in [-0.1, -0.05) is 60.7 Å². The highest BCUT2D eigenvalue weighted by molar-refractivity contribution is 7.39. The van der Waals surface area contributed by atoms with Crippen LogP contribution in [0.2, 0.25) is 0 Å². The summed E-state index contributed by atoms with van der Waals surface area (Å²) in [6, 6.07) is 19.9. The predicted molar refractivity (Wildman–Crippen MR) is 75.2 cm³/mol. The lowest BCUT2D eigenvalue weighted by Gasteiger charge is -2.04. The topological polar surface area (TPSA) is 26.3 Å². The van der Waals surface area contributed by atoms with Crippen molar-refractivity contribution in [1.29, 1.82) is 0 Å². The molecule has 0 aromatic heterocycles. The van der Waals surface area contributed by atoms with Gasteiger partial charge < -0.3 is 4.52 Å². The molecular weight excluding hydrogens is 243 g/mol. The van der Waals surface area contributed by atoms with Crippen molar-refractivity contribution in [3.8, 4) is 0 Å². The second-order valence-corrected chi connectivity index (χ2v) is 5.66. The normalized spacial score (nSPS) is 12.2. The fourth-order valence-corrected chi connectivity index (χ4v) is 2.67. The molecule has 0 radical (unpaired) electrons. The molecule has 0 amide bonds. The molecule has 94 valence electrons. The second-order valence-electron chi connectivity index (χ2n) is 4.13. The minimum atomic E-state index is -1.93. The Morgan fingerprint density at radius 2 is 1.39 bits per heavy atom. The Hall–Kier alpha value is -1.37. The molecule has 0 N–H and O–H groups in total. The lowest BCUT2D eigenvalue weighted by atomic mass is 10.2. The maximum Gasteiger partial charge on any atom is 0.192 e. The number of hydrogen-bond acceptors (Lipinski definition) is 2. The largest absolute Gasteiger partial charge is 0.326 e. The van der Waals surface area contributed by atoms with E-state index in [2.05, 4.69) is 0 Å². The average molecular weight is 260 g/mol. The van der Waals surface area contributed by atoms with Crippen LogP contribution >= 0.6 is 8.03 Å². The van der Waals surface area contributed by atoms with Gasteiger partial charge in [-0.25, -0.2) is 0 Å². The van der Waals surface area contributed by atoms with Gasteiger partial charge in [0.2, 0.25) is 0 Å². The van der Waals surface area contributed by atoms with Crippen molar-refractivity contribution in [3.63, 3.8) is 0 Å². The second kappa shape index (κ2) is 7.15. The maximum atomic E-state index is 11.8. The van der Waals surface area contributed by atoms with Crippen molar-refractivity contribution in [3.05, 3.63) is 71.8 Å². The van der Waals surface area contributed by atoms with Gasteiger partial charge in [-0.05, 0) is 17.5 Å². The molecule has 0 saturated carbocycles. The lowest BCUT2D eigenvalue weighted by molar-refractivity contribution is 0.318. The summed E-state index contributed by atoms with van der Waals surface area (Å²) < 4.78 is 17.1. The molecular formula is C15H17O2P. The summed E-state index contributed by atoms with van der Waals surface area (Å²) in [6.45, 7) is 0.438. The zero-order valence-electron chi connectivity index (χ0n) is 10.2. The molecule has 0 aliphatic heterocycles. The fourth-order valence-electron chi connectivity index (χ4n) is 1.70. The van der Waals surface area contributed by atoms with Crippen molar-refractivity contribution in [2.75, 3.05) is 6.16 Å². The van der Waals surface area contributed by atoms with Gasteiger partial charge in [0.15, 0.2) is 8.03 Å². The van der Waals surface area contributed by atoms with Crippen LogP contribution in [0.1, 0.15) is 11.1 Å². The van der Waals surface area contributed by atoms with Crippen LogP contribution in [0.5, 0.6) is 0 Å². The van der Waals surface area contributed by atoms with Crippen LogP contribution in [0.25, 0.3) is 0 Å². The summed E-state index contributed by atoms with van der Waals surface area (Å²) in [4.78, 5) is 0. The molecule has 1 atom stereocenters. The van der Waals surface area contributed by atoms with E-state index in [1.54, 1.807) is 0 Å². The zero-order valence-corrected chi connectivity index (χ0v) is 11.2. The molecule has 2 nitrogen and oxygen atoms in total. The molecule has 18 heavy (non-hydrogen) atoms. The van der Waals surface area contributed by atoms with Gasteiger partial charge in [-0.2, -0.15) is 0 Å². The van der Waals surface area contributed by atoms with Crippen molar-refractivity contribution < 1.29 is 9.09 Å². The molecule has 0 bridgehead atoms. The van der Waals surface area contributed by atoms with Gasteiger partial charge in [0.05, 0.1) is 6.61 Å². The highest BCUT2D eigenvalue weighted by Gasteiger charge is 2.01. The Kier molecular flexibility index (Phi) is 5.19. The number of hydrogen-bond donors (Lipinski definition) is 0. The molecule has 0 heterocycles. The summed E-state index contributed by atoms with van der Waals surface area (Å²) in [7, 11) is -1.93. The Balaban J connectivity index is 1.73. The highest BCUT2D eigenvalue weighted by atomic mass is 31.1. The van der Waals surface area contributed by atoms with Crippen molar-refractivity contribution >= 4 is 8.03 Å². The predicted octanol–water partition coefficient (Wildman–Crippen LogP) is 3.92. The van der Waals surface area contributed by atoms with Gasteiger partial charge in [0.25, 0.3) is 0 Å². The molecule has 0 saturated heterocycles. The van der Waals surface area contributed by atoms with Gasteiger partial charge in [0.1, 0.15) is 0 Å². The first-order chi connectivity index (χ1) is 8.84. The number of aryl methyl sites for hydroxylation is 1. The Morgan fingerprint density at radius 1 is 0.833 bits per heavy atom. The van der Waals surface area contributed by atoms with Crippen LogP contribution in [0, 0.1) is 0 Å². The van der Waals surface area contributed by atoms with Crippen molar-refractivity contribution in [1.82, 2.24) is 0 Å². The van der Waals surface area contributed by atoms with E-state index in [0.717, 1.165) is 12.0 Å². The molecule has 3 heteroatoms. The van der Waals surface area contributed by atoms with E-state index >= 15 is 0 Å². The first-order valence-electron chi connectivity index (χ1n) is 6.08. The average Bonchev–Trinajstić information content (AvgIpc) is 2.45. The zero-order chi connectivity index (χ0) is 12.6. The lowest BCUT2D eigenvalue weighted by Crippen LogP contribution is -1.91. The van der Waals surface area contributed by atoms with Crippen LogP contribution < -0.4 is 0 Å². The van der Waals surface area contributed by atoms with Gasteiger partial charge in [0, 0.05) is 6.16 Å². The first kappa shape index (κ1) is 13.1. The van der Waals surface area contributed by atoms with Crippen LogP contribution in [0.3, 0.4) is 0 Å². The van der Waals surface area contributed by atoms with Crippen molar-refractivity contribution in [2.24, 2.45) is 0 Å². The first-order valence-corrected chi connectivity index (χ1v) is 7.60. The van der Waals surface area contributed by atoms with Crippen LogP contribution in [-0.4, -0.2) is 6.16 Å². The van der Waals surface area contributed by atoms with Gasteiger partial charge >= 0.3 is 0 Å². The molecule has 0 aliphatic carbocycles. The van der Waals surface area contributed by atoms with E-state index in [4.69, 9.17) is 4.52 Å². The maximum absolute atomic E-state index is 11.8. The van der Waals surface area contributed by atoms with E-state index in [1.165, 1.54) is 5.56 Å². The summed E-state index contributed by atoms with van der Waals surface area (Å²) in [5.74, 6) is 0. The molecule has 2 aromatic rings. The summed E-state index contributed by atoms with van der Waals surface area (Å²) >= 11 is 0. The summed E-state index contributed by atoms with van der Waals surface area (Å²) in [5.41, 5.74) is 2.27. The molecule has 0 aliphatic rings. The third kappa shape index (κ3) is 4.48. The Morgan fingerprint density at radius 3 is 2.00 bits per heavy atom. The monoisotopic (exact) mass is 260 g/mol. The van der Waals surface area contributed by atoms with Crippen molar-refractivity contribution in [2.45, 2.75) is 13.0 Å². The van der Waals surface area contributed by atoms with Crippen LogP contribution in [0.4, 0.5) is 0 Å². The van der Waals surface area contributed by atoms with Crippen LogP contribution in [0.15, 0.2) is 60.7 Å². The third-order valence-corrected chi connectivity index (χ3v) is 3.83. The molecule has 0 fully saturated rings. The molecule has 1 unspecified atom stereocenters. The van der Waals surface area contributed by atoms with Crippen LogP contribution in [-0.2, 0) is 22.1 Å². The third-order valence-electron chi connectivity index (χ3n) is 2.70. The SMILES string of the molecule is O=[PH](CCc1ccccc1)OCc1ccccc1. The smallest absolute Gasteiger partial charge is 0.192 e. The van der Waals surface area contributed by atoms with E-state index < -0.39 is 8.03 Å². The minimum absolute atomic E-state index is 0.438. The van der Waals surface area contributed by atoms with E-state index in [9.17, 15) is 4.57 Å². The molecule has 2 rings (SSSR count). The molecule has 2 aromatic carbocycles. The van der Waals surface area contributed by atoms with Gasteiger partial charge in [-0.15, -0.1) is 0 Å². The number of benzene rings is 2. The molecule has 0 spiro atoms. The van der Waals surface area contributed by atoms with Gasteiger partial charge in [-0.3, -0.25) is 4.57 Å². The standard InChI is InChI=1S/C15H17O2P/c16-18(12-11-14-7-3-1-4-8-14)17-13-15-9-5-2-6-10-15/h1-10,18H,11-13H2. The quantitative estimate of drug-likeness (QED) is 0.736. The number of rotatable bonds is 6. The Bertz CT molecular complexity index is 437. The van der Waals surface area contributed by atoms with E-state index in [0.29, 0.717) is 12.8 Å². The summed E-state index contributed by atoms with van der Waals surface area (Å²) in [6.07, 6.45) is 1.43. The van der Waals surface area contributed by atoms with E-state index in [-0.39, 0.29) is 0 Å². The van der Waals surface area contributed by atoms with E-state index in [1.807, 2.05) is 60.7 Å².